The van der Waals surface area contributed by atoms with Crippen LogP contribution in [0.5, 0.6) is 0 Å². The summed E-state index contributed by atoms with van der Waals surface area (Å²) < 4.78 is 4.37. The van der Waals surface area contributed by atoms with Crippen LogP contribution in [0.25, 0.3) is 0 Å². The average Bonchev–Trinajstić information content (AvgIpc) is 2.37. The monoisotopic (exact) mass is 236 g/mol. The summed E-state index contributed by atoms with van der Waals surface area (Å²) >= 11 is 0. The van der Waals surface area contributed by atoms with Gasteiger partial charge in [-0.3, -0.25) is 4.79 Å². The largest absolute Gasteiger partial charge is 0.469 e. The van der Waals surface area contributed by atoms with Gasteiger partial charge in [-0.1, -0.05) is 6.07 Å². The summed E-state index contributed by atoms with van der Waals surface area (Å²) in [6.45, 7) is 0. The van der Waals surface area contributed by atoms with Crippen LogP contribution in [-0.4, -0.2) is 34.4 Å². The van der Waals surface area contributed by atoms with Crippen LogP contribution in [0.2, 0.25) is 0 Å². The van der Waals surface area contributed by atoms with E-state index in [0.717, 1.165) is 0 Å². The number of esters is 1. The molecule has 0 bridgehead atoms. The van der Waals surface area contributed by atoms with Gasteiger partial charge in [-0.05, 0) is 6.07 Å². The summed E-state index contributed by atoms with van der Waals surface area (Å²) in [7, 11) is 1.20. The first-order valence-corrected chi connectivity index (χ1v) is 4.87. The lowest BCUT2D eigenvalue weighted by molar-refractivity contribution is -0.144. The molecule has 2 atom stereocenters. The number of nitrogens with zero attached hydrogens (tertiary/aromatic N) is 2. The van der Waals surface area contributed by atoms with Gasteiger partial charge in [-0.25, -0.2) is 4.98 Å². The lowest BCUT2D eigenvalue weighted by Crippen LogP contribution is -2.22. The fraction of sp³-hybridized carbons (Fsp3) is 0.364. The van der Waals surface area contributed by atoms with E-state index in [1.807, 2.05) is 6.07 Å². The van der Waals surface area contributed by atoms with E-state index in [2.05, 4.69) is 9.72 Å². The minimum atomic E-state index is -1.27. The third-order valence-corrected chi connectivity index (χ3v) is 2.21. The zero-order valence-corrected chi connectivity index (χ0v) is 9.20. The third-order valence-electron chi connectivity index (χ3n) is 2.21. The van der Waals surface area contributed by atoms with E-state index in [4.69, 9.17) is 5.26 Å². The molecular weight excluding hydrogens is 224 g/mol. The molecule has 0 radical (unpaired) electrons. The smallest absolute Gasteiger partial charge is 0.308 e. The number of methoxy groups -OCH3 is 1. The van der Waals surface area contributed by atoms with Crippen molar-refractivity contribution in [3.63, 3.8) is 0 Å². The number of carbonyl (C=O) groups is 1. The van der Waals surface area contributed by atoms with Gasteiger partial charge in [0.2, 0.25) is 0 Å². The first-order valence-electron chi connectivity index (χ1n) is 4.87. The van der Waals surface area contributed by atoms with Crippen molar-refractivity contribution in [2.75, 3.05) is 7.11 Å². The molecule has 2 N–H and O–H groups in total. The first-order chi connectivity index (χ1) is 8.08. The Balaban J connectivity index is 2.71. The number of carbonyl (C=O) groups excluding carboxylic acids is 1. The van der Waals surface area contributed by atoms with Gasteiger partial charge in [0, 0.05) is 11.8 Å². The molecule has 1 aromatic heterocycles. The van der Waals surface area contributed by atoms with Crippen LogP contribution in [0.4, 0.5) is 0 Å². The number of ether oxygens (including phenoxy) is 1. The normalized spacial score (nSPS) is 13.5. The Morgan fingerprint density at radius 1 is 1.59 bits per heavy atom. The van der Waals surface area contributed by atoms with E-state index in [1.165, 1.54) is 25.4 Å². The van der Waals surface area contributed by atoms with Crippen molar-refractivity contribution < 1.29 is 19.7 Å². The van der Waals surface area contributed by atoms with Crippen LogP contribution in [0.1, 0.15) is 23.8 Å². The van der Waals surface area contributed by atoms with Crippen molar-refractivity contribution in [3.05, 3.63) is 29.6 Å². The van der Waals surface area contributed by atoms with Crippen LogP contribution in [0.15, 0.2) is 18.3 Å². The number of nitriles is 1. The molecule has 0 aliphatic rings. The molecule has 0 saturated heterocycles. The molecule has 1 aromatic rings. The first kappa shape index (κ1) is 13.1. The Morgan fingerprint density at radius 2 is 2.29 bits per heavy atom. The van der Waals surface area contributed by atoms with E-state index < -0.39 is 18.2 Å². The average molecular weight is 236 g/mol. The van der Waals surface area contributed by atoms with Crippen LogP contribution >= 0.6 is 0 Å². The molecule has 2 unspecified atom stereocenters. The summed E-state index contributed by atoms with van der Waals surface area (Å²) in [5.74, 6) is -0.613. The van der Waals surface area contributed by atoms with Gasteiger partial charge >= 0.3 is 5.97 Å². The van der Waals surface area contributed by atoms with Gasteiger partial charge in [0.05, 0.1) is 19.6 Å². The SMILES string of the molecule is COC(=O)CC(O)C(O)c1ccc(C#N)nc1. The summed E-state index contributed by atoms with van der Waals surface area (Å²) in [5.41, 5.74) is 0.545. The Labute approximate surface area is 98.1 Å². The van der Waals surface area contributed by atoms with Gasteiger partial charge in [-0.2, -0.15) is 5.26 Å². The number of hydrogen-bond acceptors (Lipinski definition) is 6. The third kappa shape index (κ3) is 3.52. The summed E-state index contributed by atoms with van der Waals surface area (Å²) in [6, 6.07) is 4.72. The van der Waals surface area contributed by atoms with Crippen molar-refractivity contribution in [2.24, 2.45) is 0 Å². The Bertz CT molecular complexity index is 424. The van der Waals surface area contributed by atoms with E-state index >= 15 is 0 Å². The number of pyridine rings is 1. The van der Waals surface area contributed by atoms with Gasteiger partial charge in [0.15, 0.2) is 0 Å². The summed E-state index contributed by atoms with van der Waals surface area (Å²) in [6.07, 6.45) is -1.53. The fourth-order valence-corrected chi connectivity index (χ4v) is 1.23. The highest BCUT2D eigenvalue weighted by atomic mass is 16.5. The lowest BCUT2D eigenvalue weighted by atomic mass is 10.0. The molecule has 6 heteroatoms. The minimum absolute atomic E-state index is 0.211. The Kier molecular flexibility index (Phi) is 4.57. The molecule has 0 amide bonds. The second-order valence-electron chi connectivity index (χ2n) is 3.38. The molecule has 0 saturated carbocycles. The number of aromatic nitrogens is 1. The molecule has 1 rings (SSSR count). The molecule has 6 nitrogen and oxygen atoms in total. The molecule has 0 aromatic carbocycles. The van der Waals surface area contributed by atoms with Crippen molar-refractivity contribution in [1.82, 2.24) is 4.98 Å². The zero-order valence-electron chi connectivity index (χ0n) is 9.20. The van der Waals surface area contributed by atoms with Gasteiger partial charge in [0.25, 0.3) is 0 Å². The molecular formula is C11H12N2O4. The van der Waals surface area contributed by atoms with Gasteiger partial charge in [-0.15, -0.1) is 0 Å². The molecule has 1 heterocycles. The summed E-state index contributed by atoms with van der Waals surface area (Å²) in [4.78, 5) is 14.7. The minimum Gasteiger partial charge on any atom is -0.469 e. The maximum Gasteiger partial charge on any atom is 0.308 e. The van der Waals surface area contributed by atoms with Crippen molar-refractivity contribution in [1.29, 1.82) is 5.26 Å². The maximum absolute atomic E-state index is 10.9. The predicted molar refractivity (Wildman–Crippen MR) is 56.6 cm³/mol. The molecule has 0 fully saturated rings. The number of aliphatic hydroxyl groups is 2. The molecule has 0 aliphatic heterocycles. The Morgan fingerprint density at radius 3 is 2.76 bits per heavy atom. The van der Waals surface area contributed by atoms with Crippen molar-refractivity contribution >= 4 is 5.97 Å². The van der Waals surface area contributed by atoms with Crippen LogP contribution < -0.4 is 0 Å². The molecule has 0 spiro atoms. The second kappa shape index (κ2) is 5.94. The quantitative estimate of drug-likeness (QED) is 0.708. The van der Waals surface area contributed by atoms with E-state index in [0.29, 0.717) is 5.56 Å². The van der Waals surface area contributed by atoms with Crippen LogP contribution in [0, 0.1) is 11.3 Å². The van der Waals surface area contributed by atoms with Crippen molar-refractivity contribution in [3.8, 4) is 6.07 Å². The maximum atomic E-state index is 10.9. The predicted octanol–water partition coefficient (Wildman–Crippen LogP) is -0.0893. The second-order valence-corrected chi connectivity index (χ2v) is 3.38. The molecule has 90 valence electrons. The molecule has 0 aliphatic carbocycles. The molecule has 17 heavy (non-hydrogen) atoms. The lowest BCUT2D eigenvalue weighted by Gasteiger charge is -2.16. The van der Waals surface area contributed by atoms with E-state index in [-0.39, 0.29) is 12.1 Å². The number of aliphatic hydroxyl groups excluding tert-OH is 2. The van der Waals surface area contributed by atoms with E-state index in [9.17, 15) is 15.0 Å². The van der Waals surface area contributed by atoms with Gasteiger partial charge < -0.3 is 14.9 Å². The van der Waals surface area contributed by atoms with Crippen LogP contribution in [0.3, 0.4) is 0 Å². The zero-order chi connectivity index (χ0) is 12.8. The highest BCUT2D eigenvalue weighted by Crippen LogP contribution is 2.18. The highest BCUT2D eigenvalue weighted by Gasteiger charge is 2.22. The van der Waals surface area contributed by atoms with E-state index in [1.54, 1.807) is 0 Å². The van der Waals surface area contributed by atoms with Crippen molar-refractivity contribution in [2.45, 2.75) is 18.6 Å². The Hall–Kier alpha value is -1.97. The number of hydrogen-bond donors (Lipinski definition) is 2. The topological polar surface area (TPSA) is 103 Å². The van der Waals surface area contributed by atoms with Gasteiger partial charge in [0.1, 0.15) is 17.9 Å². The standard InChI is InChI=1S/C11H12N2O4/c1-17-10(15)4-9(14)11(16)7-2-3-8(5-12)13-6-7/h2-3,6,9,11,14,16H,4H2,1H3. The number of rotatable bonds is 4. The summed E-state index contributed by atoms with van der Waals surface area (Å²) in [5, 5.41) is 27.8. The van der Waals surface area contributed by atoms with Crippen LogP contribution in [-0.2, 0) is 9.53 Å². The highest BCUT2D eigenvalue weighted by molar-refractivity contribution is 5.69. The fourth-order valence-electron chi connectivity index (χ4n) is 1.23.